The number of carbonyl (C=O) groups excluding carboxylic acids is 1. The molecule has 0 aliphatic rings. The van der Waals surface area contributed by atoms with Crippen LogP contribution in [0.1, 0.15) is 50.8 Å². The normalized spacial score (nSPS) is 9.95. The molecular formula is C13H14O6. The SMILES string of the molecule is CCCCOC(=O)c1cc(C(=O)O)cc(C(=O)O)c1. The first-order valence-electron chi connectivity index (χ1n) is 5.74. The Labute approximate surface area is 109 Å². The summed E-state index contributed by atoms with van der Waals surface area (Å²) in [5, 5.41) is 17.7. The van der Waals surface area contributed by atoms with E-state index in [9.17, 15) is 14.4 Å². The number of hydrogen-bond donors (Lipinski definition) is 2. The lowest BCUT2D eigenvalue weighted by Crippen LogP contribution is -2.10. The van der Waals surface area contributed by atoms with Crippen molar-refractivity contribution in [2.75, 3.05) is 6.61 Å². The number of hydrogen-bond acceptors (Lipinski definition) is 4. The number of ether oxygens (including phenoxy) is 1. The Morgan fingerprint density at radius 2 is 1.47 bits per heavy atom. The predicted octanol–water partition coefficient (Wildman–Crippen LogP) is 2.04. The summed E-state index contributed by atoms with van der Waals surface area (Å²) in [5.74, 6) is -3.32. The molecule has 102 valence electrons. The molecule has 1 aromatic carbocycles. The van der Waals surface area contributed by atoms with Crippen LogP contribution in [0.25, 0.3) is 0 Å². The maximum atomic E-state index is 11.7. The van der Waals surface area contributed by atoms with Crippen LogP contribution in [-0.4, -0.2) is 34.7 Å². The molecule has 0 atom stereocenters. The van der Waals surface area contributed by atoms with Gasteiger partial charge in [0.25, 0.3) is 0 Å². The summed E-state index contributed by atoms with van der Waals surface area (Å²) in [5.41, 5.74) is -0.599. The molecule has 0 radical (unpaired) electrons. The number of rotatable bonds is 6. The zero-order chi connectivity index (χ0) is 14.4. The first kappa shape index (κ1) is 14.7. The van der Waals surface area contributed by atoms with Crippen LogP contribution in [0.4, 0.5) is 0 Å². The van der Waals surface area contributed by atoms with Gasteiger partial charge in [-0.3, -0.25) is 0 Å². The zero-order valence-electron chi connectivity index (χ0n) is 10.4. The number of esters is 1. The fourth-order valence-corrected chi connectivity index (χ4v) is 1.38. The average molecular weight is 266 g/mol. The second-order valence-electron chi connectivity index (χ2n) is 3.90. The summed E-state index contributed by atoms with van der Waals surface area (Å²) in [4.78, 5) is 33.4. The van der Waals surface area contributed by atoms with Gasteiger partial charge in [-0.1, -0.05) is 13.3 Å². The fraction of sp³-hybridized carbons (Fsp3) is 0.308. The van der Waals surface area contributed by atoms with Gasteiger partial charge in [-0.15, -0.1) is 0 Å². The topological polar surface area (TPSA) is 101 Å². The second kappa shape index (κ2) is 6.53. The highest BCUT2D eigenvalue weighted by Gasteiger charge is 2.16. The fourth-order valence-electron chi connectivity index (χ4n) is 1.38. The molecule has 2 N–H and O–H groups in total. The van der Waals surface area contributed by atoms with Crippen LogP contribution < -0.4 is 0 Å². The minimum atomic E-state index is -1.30. The van der Waals surface area contributed by atoms with Crippen molar-refractivity contribution in [2.45, 2.75) is 19.8 Å². The van der Waals surface area contributed by atoms with E-state index in [1.165, 1.54) is 0 Å². The van der Waals surface area contributed by atoms with E-state index < -0.39 is 17.9 Å². The van der Waals surface area contributed by atoms with E-state index in [0.29, 0.717) is 6.42 Å². The minimum Gasteiger partial charge on any atom is -0.478 e. The highest BCUT2D eigenvalue weighted by molar-refractivity contribution is 5.99. The van der Waals surface area contributed by atoms with Crippen molar-refractivity contribution in [3.8, 4) is 0 Å². The van der Waals surface area contributed by atoms with Crippen molar-refractivity contribution >= 4 is 17.9 Å². The highest BCUT2D eigenvalue weighted by Crippen LogP contribution is 2.12. The molecule has 0 saturated heterocycles. The molecule has 0 aliphatic heterocycles. The minimum absolute atomic E-state index is 0.0756. The van der Waals surface area contributed by atoms with Crippen LogP contribution in [0.15, 0.2) is 18.2 Å². The van der Waals surface area contributed by atoms with Crippen LogP contribution in [0, 0.1) is 0 Å². The highest BCUT2D eigenvalue weighted by atomic mass is 16.5. The molecule has 0 amide bonds. The van der Waals surface area contributed by atoms with Crippen molar-refractivity contribution in [1.29, 1.82) is 0 Å². The van der Waals surface area contributed by atoms with Crippen LogP contribution in [0.3, 0.4) is 0 Å². The molecule has 1 rings (SSSR count). The molecule has 0 saturated carbocycles. The first-order valence-corrected chi connectivity index (χ1v) is 5.74. The Balaban J connectivity index is 3.02. The summed E-state index contributed by atoms with van der Waals surface area (Å²) in [6.07, 6.45) is 1.54. The number of carbonyl (C=O) groups is 3. The third kappa shape index (κ3) is 4.09. The molecule has 0 spiro atoms. The average Bonchev–Trinajstić information content (AvgIpc) is 2.38. The maximum Gasteiger partial charge on any atom is 0.338 e. The summed E-state index contributed by atoms with van der Waals surface area (Å²) in [7, 11) is 0. The van der Waals surface area contributed by atoms with E-state index >= 15 is 0 Å². The monoisotopic (exact) mass is 266 g/mol. The van der Waals surface area contributed by atoms with Gasteiger partial charge in [-0.05, 0) is 24.6 Å². The molecule has 19 heavy (non-hydrogen) atoms. The van der Waals surface area contributed by atoms with Crippen LogP contribution >= 0.6 is 0 Å². The summed E-state index contributed by atoms with van der Waals surface area (Å²) >= 11 is 0. The molecule has 6 heteroatoms. The Morgan fingerprint density at radius 1 is 1.00 bits per heavy atom. The lowest BCUT2D eigenvalue weighted by atomic mass is 10.1. The van der Waals surface area contributed by atoms with Gasteiger partial charge in [0.2, 0.25) is 0 Å². The van der Waals surface area contributed by atoms with Gasteiger partial charge in [0.1, 0.15) is 0 Å². The van der Waals surface area contributed by atoms with Gasteiger partial charge in [-0.25, -0.2) is 14.4 Å². The van der Waals surface area contributed by atoms with Crippen molar-refractivity contribution in [3.05, 3.63) is 34.9 Å². The molecule has 0 heterocycles. The van der Waals surface area contributed by atoms with Crippen molar-refractivity contribution < 1.29 is 29.3 Å². The Kier molecular flexibility index (Phi) is 5.05. The smallest absolute Gasteiger partial charge is 0.338 e. The number of carboxylic acids is 2. The Hall–Kier alpha value is -2.37. The molecule has 0 bridgehead atoms. The van der Waals surface area contributed by atoms with E-state index in [2.05, 4.69) is 0 Å². The zero-order valence-corrected chi connectivity index (χ0v) is 10.4. The molecular weight excluding hydrogens is 252 g/mol. The standard InChI is InChI=1S/C13H14O6/c1-2-3-4-19-13(18)10-6-8(11(14)15)5-9(7-10)12(16)17/h5-7H,2-4H2,1H3,(H,14,15)(H,16,17). The molecule has 0 aliphatic carbocycles. The van der Waals surface area contributed by atoms with E-state index in [4.69, 9.17) is 14.9 Å². The second-order valence-corrected chi connectivity index (χ2v) is 3.90. The third-order valence-corrected chi connectivity index (χ3v) is 2.39. The summed E-state index contributed by atoms with van der Waals surface area (Å²) < 4.78 is 4.91. The predicted molar refractivity (Wildman–Crippen MR) is 65.6 cm³/mol. The van der Waals surface area contributed by atoms with Crippen LogP contribution in [-0.2, 0) is 4.74 Å². The van der Waals surface area contributed by atoms with E-state index in [0.717, 1.165) is 24.6 Å². The van der Waals surface area contributed by atoms with Gasteiger partial charge >= 0.3 is 17.9 Å². The summed E-state index contributed by atoms with van der Waals surface area (Å²) in [6, 6.07) is 3.19. The summed E-state index contributed by atoms with van der Waals surface area (Å²) in [6.45, 7) is 2.15. The van der Waals surface area contributed by atoms with Gasteiger partial charge in [0.15, 0.2) is 0 Å². The van der Waals surface area contributed by atoms with E-state index in [1.807, 2.05) is 6.92 Å². The molecule has 0 unspecified atom stereocenters. The maximum absolute atomic E-state index is 11.7. The quantitative estimate of drug-likeness (QED) is 0.603. The van der Waals surface area contributed by atoms with Gasteiger partial charge < -0.3 is 14.9 Å². The van der Waals surface area contributed by atoms with Gasteiger partial charge in [0, 0.05) is 0 Å². The van der Waals surface area contributed by atoms with E-state index in [1.54, 1.807) is 0 Å². The first-order chi connectivity index (χ1) is 8.95. The Morgan fingerprint density at radius 3 is 1.89 bits per heavy atom. The van der Waals surface area contributed by atoms with Crippen molar-refractivity contribution in [1.82, 2.24) is 0 Å². The van der Waals surface area contributed by atoms with Gasteiger partial charge in [0.05, 0.1) is 23.3 Å². The lowest BCUT2D eigenvalue weighted by Gasteiger charge is -2.06. The molecule has 0 aromatic heterocycles. The van der Waals surface area contributed by atoms with E-state index in [-0.39, 0.29) is 23.3 Å². The third-order valence-electron chi connectivity index (χ3n) is 2.39. The van der Waals surface area contributed by atoms with Crippen LogP contribution in [0.2, 0.25) is 0 Å². The number of aromatic carboxylic acids is 2. The van der Waals surface area contributed by atoms with Crippen LogP contribution in [0.5, 0.6) is 0 Å². The number of carboxylic acid groups (broad SMARTS) is 2. The van der Waals surface area contributed by atoms with Crippen molar-refractivity contribution in [2.24, 2.45) is 0 Å². The number of benzene rings is 1. The Bertz CT molecular complexity index is 474. The van der Waals surface area contributed by atoms with Crippen molar-refractivity contribution in [3.63, 3.8) is 0 Å². The molecule has 0 fully saturated rings. The molecule has 6 nitrogen and oxygen atoms in total. The largest absolute Gasteiger partial charge is 0.478 e. The number of unbranched alkanes of at least 4 members (excludes halogenated alkanes) is 1. The molecule has 1 aromatic rings. The van der Waals surface area contributed by atoms with Gasteiger partial charge in [-0.2, -0.15) is 0 Å². The lowest BCUT2D eigenvalue weighted by molar-refractivity contribution is 0.0499.